The molecule has 3 aliphatic rings. The Morgan fingerprint density at radius 3 is 2.86 bits per heavy atom. The van der Waals surface area contributed by atoms with Gasteiger partial charge in [0.05, 0.1) is 46.9 Å². The molecule has 0 spiro atoms. The Hall–Kier alpha value is -3.47. The van der Waals surface area contributed by atoms with Crippen molar-refractivity contribution in [2.24, 2.45) is 7.05 Å². The number of hydrogen-bond acceptors (Lipinski definition) is 8. The average molecular weight is 503 g/mol. The monoisotopic (exact) mass is 502 g/mol. The highest BCUT2D eigenvalue weighted by molar-refractivity contribution is 5.86. The van der Waals surface area contributed by atoms with Crippen LogP contribution >= 0.6 is 0 Å². The van der Waals surface area contributed by atoms with Crippen molar-refractivity contribution in [1.82, 2.24) is 39.5 Å². The minimum Gasteiger partial charge on any atom is -0.473 e. The van der Waals surface area contributed by atoms with E-state index in [1.807, 2.05) is 38.5 Å². The van der Waals surface area contributed by atoms with Gasteiger partial charge in [0.15, 0.2) is 0 Å². The molecule has 5 heterocycles. The summed E-state index contributed by atoms with van der Waals surface area (Å²) in [6.07, 6.45) is 7.84. The number of fused-ring (bicyclic) bond motifs is 4. The van der Waals surface area contributed by atoms with Gasteiger partial charge >= 0.3 is 0 Å². The molecule has 4 bridgehead atoms. The highest BCUT2D eigenvalue weighted by atomic mass is 16.5. The number of allylic oxidation sites excluding steroid dienone is 2. The van der Waals surface area contributed by atoms with Crippen LogP contribution in [0, 0.1) is 13.8 Å². The van der Waals surface area contributed by atoms with E-state index in [2.05, 4.69) is 58.7 Å². The van der Waals surface area contributed by atoms with Crippen LogP contribution in [0.4, 0.5) is 0 Å². The van der Waals surface area contributed by atoms with Crippen LogP contribution in [0.25, 0.3) is 22.3 Å². The van der Waals surface area contributed by atoms with Crippen molar-refractivity contribution < 1.29 is 9.84 Å². The van der Waals surface area contributed by atoms with Gasteiger partial charge in [-0.2, -0.15) is 5.10 Å². The van der Waals surface area contributed by atoms with Gasteiger partial charge in [-0.05, 0) is 52.5 Å². The molecule has 6 rings (SSSR count). The fraction of sp³-hybridized carbons (Fsp3) is 0.444. The topological polar surface area (TPSA) is 96.0 Å². The summed E-state index contributed by atoms with van der Waals surface area (Å²) in [5, 5.41) is 17.0. The SMILES string of the molecule is Cc1nn(C)c2c1-c1cc3c(ncn3c(C)n1)C1=CC3=C(CN(C)CC(C)O2)N(CC(C)O)NC3C=C1. The summed E-state index contributed by atoms with van der Waals surface area (Å²) >= 11 is 0. The quantitative estimate of drug-likeness (QED) is 0.551. The number of nitrogens with one attached hydrogen (secondary N) is 1. The molecule has 1 aliphatic carbocycles. The molecule has 10 nitrogen and oxygen atoms in total. The number of ether oxygens (including phenoxy) is 1. The molecule has 0 aromatic carbocycles. The van der Waals surface area contributed by atoms with Gasteiger partial charge in [0, 0.05) is 31.4 Å². The molecule has 3 aromatic heterocycles. The number of aryl methyl sites for hydroxylation is 3. The lowest BCUT2D eigenvalue weighted by Crippen LogP contribution is -2.43. The molecule has 3 aromatic rings. The standard InChI is InChI=1S/C27H34N8O2/c1-15(36)11-35-24-13-32(5)12-16(2)37-27-25(17(3)30-33(27)6)22-10-23-26(28-14-34(23)18(4)29-22)19-7-8-21(31-35)20(24)9-19/h7-10,14-16,21,31,36H,11-13H2,1-6H3. The molecule has 194 valence electrons. The van der Waals surface area contributed by atoms with Gasteiger partial charge in [-0.25, -0.2) is 20.1 Å². The van der Waals surface area contributed by atoms with Gasteiger partial charge in [0.2, 0.25) is 5.88 Å². The highest BCUT2D eigenvalue weighted by Gasteiger charge is 2.33. The maximum atomic E-state index is 10.2. The van der Waals surface area contributed by atoms with E-state index in [0.717, 1.165) is 45.3 Å². The molecule has 0 fully saturated rings. The molecule has 0 radical (unpaired) electrons. The fourth-order valence-corrected chi connectivity index (χ4v) is 5.69. The molecule has 2 N–H and O–H groups in total. The van der Waals surface area contributed by atoms with Crippen LogP contribution in [-0.4, -0.2) is 84.1 Å². The first-order valence-corrected chi connectivity index (χ1v) is 12.8. The molecule has 0 saturated carbocycles. The van der Waals surface area contributed by atoms with Crippen LogP contribution in [0.5, 0.6) is 5.88 Å². The van der Waals surface area contributed by atoms with E-state index in [9.17, 15) is 5.11 Å². The third kappa shape index (κ3) is 4.05. The number of aliphatic hydroxyl groups excluding tert-OH is 1. The predicted molar refractivity (Wildman–Crippen MR) is 142 cm³/mol. The Labute approximate surface area is 216 Å². The second-order valence-electron chi connectivity index (χ2n) is 10.5. The van der Waals surface area contributed by atoms with Crippen LogP contribution < -0.4 is 10.2 Å². The number of aliphatic hydroxyl groups is 1. The van der Waals surface area contributed by atoms with Crippen molar-refractivity contribution in [1.29, 1.82) is 0 Å². The smallest absolute Gasteiger partial charge is 0.221 e. The van der Waals surface area contributed by atoms with E-state index in [-0.39, 0.29) is 12.1 Å². The molecule has 3 atom stereocenters. The van der Waals surface area contributed by atoms with Crippen molar-refractivity contribution in [3.8, 4) is 17.1 Å². The van der Waals surface area contributed by atoms with Gasteiger partial charge in [-0.3, -0.25) is 9.30 Å². The summed E-state index contributed by atoms with van der Waals surface area (Å²) in [4.78, 5) is 12.0. The maximum Gasteiger partial charge on any atom is 0.221 e. The van der Waals surface area contributed by atoms with Crippen LogP contribution in [-0.2, 0) is 7.05 Å². The first-order valence-electron chi connectivity index (χ1n) is 12.8. The molecular weight excluding hydrogens is 468 g/mol. The lowest BCUT2D eigenvalue weighted by molar-refractivity contribution is 0.112. The van der Waals surface area contributed by atoms with Crippen LogP contribution in [0.3, 0.4) is 0 Å². The molecule has 3 unspecified atom stereocenters. The average Bonchev–Trinajstić information content (AvgIpc) is 3.47. The van der Waals surface area contributed by atoms with Crippen molar-refractivity contribution in [2.75, 3.05) is 26.7 Å². The second kappa shape index (κ2) is 8.83. The zero-order valence-corrected chi connectivity index (χ0v) is 22.2. The van der Waals surface area contributed by atoms with Gasteiger partial charge in [0.25, 0.3) is 0 Å². The van der Waals surface area contributed by atoms with E-state index in [4.69, 9.17) is 14.7 Å². The lowest BCUT2D eigenvalue weighted by Gasteiger charge is -2.29. The van der Waals surface area contributed by atoms with Gasteiger partial charge < -0.3 is 14.9 Å². The third-order valence-corrected chi connectivity index (χ3v) is 7.22. The number of aromatic nitrogens is 5. The molecule has 37 heavy (non-hydrogen) atoms. The zero-order valence-electron chi connectivity index (χ0n) is 22.2. The normalized spacial score (nSPS) is 22.7. The first kappa shape index (κ1) is 23.9. The summed E-state index contributed by atoms with van der Waals surface area (Å²) in [5.41, 5.74) is 11.5. The predicted octanol–water partition coefficient (Wildman–Crippen LogP) is 2.24. The summed E-state index contributed by atoms with van der Waals surface area (Å²) in [6.45, 7) is 9.82. The molecule has 0 saturated heterocycles. The minimum absolute atomic E-state index is 0.0566. The van der Waals surface area contributed by atoms with E-state index >= 15 is 0 Å². The third-order valence-electron chi connectivity index (χ3n) is 7.22. The van der Waals surface area contributed by atoms with Gasteiger partial charge in [-0.15, -0.1) is 0 Å². The Kier molecular flexibility index (Phi) is 5.70. The fourth-order valence-electron chi connectivity index (χ4n) is 5.69. The summed E-state index contributed by atoms with van der Waals surface area (Å²) < 4.78 is 10.4. The van der Waals surface area contributed by atoms with Crippen LogP contribution in [0.15, 0.2) is 41.9 Å². The summed E-state index contributed by atoms with van der Waals surface area (Å²) in [5.74, 6) is 1.56. The van der Waals surface area contributed by atoms with Crippen LogP contribution in [0.1, 0.15) is 31.1 Å². The zero-order chi connectivity index (χ0) is 26.0. The molecule has 10 heteroatoms. The lowest BCUT2D eigenvalue weighted by atomic mass is 9.94. The van der Waals surface area contributed by atoms with Gasteiger partial charge in [0.1, 0.15) is 18.3 Å². The number of nitrogens with zero attached hydrogens (tertiary/aromatic N) is 7. The molecule has 2 aliphatic heterocycles. The van der Waals surface area contributed by atoms with E-state index < -0.39 is 6.10 Å². The Bertz CT molecular complexity index is 1480. The van der Waals surface area contributed by atoms with Crippen molar-refractivity contribution in [3.63, 3.8) is 0 Å². The molecule has 0 amide bonds. The maximum absolute atomic E-state index is 10.2. The number of likely N-dealkylation sites (N-methyl/N-ethyl adjacent to an activating group) is 1. The van der Waals surface area contributed by atoms with Crippen molar-refractivity contribution in [2.45, 2.75) is 45.9 Å². The number of hydrogen-bond donors (Lipinski definition) is 2. The number of hydrazine groups is 1. The van der Waals surface area contributed by atoms with E-state index in [1.165, 1.54) is 5.57 Å². The summed E-state index contributed by atoms with van der Waals surface area (Å²) in [7, 11) is 4.01. The van der Waals surface area contributed by atoms with E-state index in [1.54, 1.807) is 4.68 Å². The van der Waals surface area contributed by atoms with Crippen molar-refractivity contribution in [3.05, 3.63) is 59.1 Å². The second-order valence-corrected chi connectivity index (χ2v) is 10.5. The Balaban J connectivity index is 1.58. The van der Waals surface area contributed by atoms with Crippen molar-refractivity contribution >= 4 is 11.1 Å². The van der Waals surface area contributed by atoms with Crippen LogP contribution in [0.2, 0.25) is 0 Å². The van der Waals surface area contributed by atoms with Gasteiger partial charge in [-0.1, -0.05) is 12.2 Å². The van der Waals surface area contributed by atoms with E-state index in [0.29, 0.717) is 25.5 Å². The minimum atomic E-state index is -0.463. The molecular formula is C27H34N8O2. The first-order chi connectivity index (χ1) is 17.7. The number of β-amino-alcohol motifs (C(OH)–C–C–N with tert-alkyl or cyclic N) is 1. The highest BCUT2D eigenvalue weighted by Crippen LogP contribution is 2.37. The Morgan fingerprint density at radius 2 is 2.08 bits per heavy atom. The Morgan fingerprint density at radius 1 is 1.27 bits per heavy atom. The number of rotatable bonds is 2. The summed E-state index contributed by atoms with van der Waals surface area (Å²) in [6, 6.07) is 2.15. The number of imidazole rings is 1. The largest absolute Gasteiger partial charge is 0.473 e.